The lowest BCUT2D eigenvalue weighted by atomic mass is 9.71. The highest BCUT2D eigenvalue weighted by molar-refractivity contribution is 6.30. The van der Waals surface area contributed by atoms with Crippen molar-refractivity contribution in [1.82, 2.24) is 4.90 Å². The van der Waals surface area contributed by atoms with Gasteiger partial charge >= 0.3 is 0 Å². The Hall–Kier alpha value is -3.18. The van der Waals surface area contributed by atoms with Gasteiger partial charge in [-0.2, -0.15) is 0 Å². The molecule has 3 aromatic carbocycles. The van der Waals surface area contributed by atoms with E-state index in [1.807, 2.05) is 41.3 Å². The van der Waals surface area contributed by atoms with Gasteiger partial charge in [0, 0.05) is 35.6 Å². The number of anilines is 2. The first-order chi connectivity index (χ1) is 16.6. The molecular formula is C28H30ClN3O2. The van der Waals surface area contributed by atoms with Gasteiger partial charge in [0.1, 0.15) is 5.75 Å². The van der Waals surface area contributed by atoms with Crippen LogP contribution in [0.25, 0.3) is 0 Å². The minimum Gasteiger partial charge on any atom is -0.496 e. The fourth-order valence-corrected chi connectivity index (χ4v) is 5.47. The first-order valence-corrected chi connectivity index (χ1v) is 12.2. The van der Waals surface area contributed by atoms with Crippen molar-refractivity contribution in [3.63, 3.8) is 0 Å². The third kappa shape index (κ3) is 4.45. The van der Waals surface area contributed by atoms with Gasteiger partial charge in [0.2, 0.25) is 5.91 Å². The van der Waals surface area contributed by atoms with Crippen LogP contribution < -0.4 is 15.0 Å². The average Bonchev–Trinajstić information content (AvgIpc) is 3.28. The van der Waals surface area contributed by atoms with Crippen molar-refractivity contribution in [1.29, 1.82) is 0 Å². The molecule has 0 aliphatic carbocycles. The van der Waals surface area contributed by atoms with Crippen LogP contribution in [0.15, 0.2) is 72.8 Å². The molecule has 0 aromatic heterocycles. The van der Waals surface area contributed by atoms with Crippen LogP contribution in [0.4, 0.5) is 11.4 Å². The SMILES string of the molecule is COc1ccccc1C1(CN2CNc3ccccc32)CCN(C(=O)Cc2ccc(Cl)cc2)CC1. The summed E-state index contributed by atoms with van der Waals surface area (Å²) in [5, 5.41) is 4.20. The van der Waals surface area contributed by atoms with Gasteiger partial charge in [-0.3, -0.25) is 4.79 Å². The Balaban J connectivity index is 1.37. The van der Waals surface area contributed by atoms with Crippen LogP contribution in [0.2, 0.25) is 5.02 Å². The maximum Gasteiger partial charge on any atom is 0.226 e. The van der Waals surface area contributed by atoms with Crippen LogP contribution in [0.5, 0.6) is 5.75 Å². The second-order valence-corrected chi connectivity index (χ2v) is 9.65. The van der Waals surface area contributed by atoms with E-state index in [9.17, 15) is 4.79 Å². The van der Waals surface area contributed by atoms with E-state index in [0.29, 0.717) is 11.4 Å². The first-order valence-electron chi connectivity index (χ1n) is 11.8. The monoisotopic (exact) mass is 475 g/mol. The number of likely N-dealkylation sites (tertiary alicyclic amines) is 1. The number of piperidine rings is 1. The van der Waals surface area contributed by atoms with Gasteiger partial charge in [-0.1, -0.05) is 54.1 Å². The van der Waals surface area contributed by atoms with E-state index >= 15 is 0 Å². The predicted octanol–water partition coefficient (Wildman–Crippen LogP) is 5.34. The molecule has 6 heteroatoms. The lowest BCUT2D eigenvalue weighted by Crippen LogP contribution is -2.51. The van der Waals surface area contributed by atoms with Crippen molar-refractivity contribution < 1.29 is 9.53 Å². The Labute approximate surface area is 206 Å². The summed E-state index contributed by atoms with van der Waals surface area (Å²) in [6, 6.07) is 24.4. The fraction of sp³-hybridized carbons (Fsp3) is 0.321. The van der Waals surface area contributed by atoms with Gasteiger partial charge in [-0.15, -0.1) is 0 Å². The van der Waals surface area contributed by atoms with E-state index in [1.54, 1.807) is 7.11 Å². The van der Waals surface area contributed by atoms with Gasteiger partial charge in [0.05, 0.1) is 31.6 Å². The van der Waals surface area contributed by atoms with Crippen molar-refractivity contribution in [2.45, 2.75) is 24.7 Å². The molecule has 1 N–H and O–H groups in total. The highest BCUT2D eigenvalue weighted by atomic mass is 35.5. The summed E-state index contributed by atoms with van der Waals surface area (Å²) in [5.41, 5.74) is 4.52. The Morgan fingerprint density at radius 3 is 2.47 bits per heavy atom. The largest absolute Gasteiger partial charge is 0.496 e. The second-order valence-electron chi connectivity index (χ2n) is 9.21. The normalized spacial score (nSPS) is 16.6. The van der Waals surface area contributed by atoms with Crippen LogP contribution in [0.1, 0.15) is 24.0 Å². The summed E-state index contributed by atoms with van der Waals surface area (Å²) in [6.45, 7) is 3.12. The number of ether oxygens (including phenoxy) is 1. The standard InChI is InChI=1S/C28H30ClN3O2/c1-34-26-9-5-2-6-23(26)28(19-32-20-30-24-7-3-4-8-25(24)32)14-16-31(17-15-28)27(33)18-21-10-12-22(29)13-11-21/h2-13,30H,14-20H2,1H3. The van der Waals surface area contributed by atoms with Crippen LogP contribution in [0, 0.1) is 0 Å². The van der Waals surface area contributed by atoms with E-state index in [0.717, 1.165) is 50.5 Å². The van der Waals surface area contributed by atoms with E-state index in [1.165, 1.54) is 16.9 Å². The molecule has 0 unspecified atom stereocenters. The number of amides is 1. The molecule has 1 amide bonds. The molecule has 5 nitrogen and oxygen atoms in total. The molecule has 3 aromatic rings. The molecule has 0 radical (unpaired) electrons. The number of hydrogen-bond donors (Lipinski definition) is 1. The number of methoxy groups -OCH3 is 1. The minimum atomic E-state index is -0.108. The van der Waals surface area contributed by atoms with Gasteiger partial charge < -0.3 is 19.9 Å². The summed E-state index contributed by atoms with van der Waals surface area (Å²) in [7, 11) is 1.74. The summed E-state index contributed by atoms with van der Waals surface area (Å²) in [4.78, 5) is 17.5. The topological polar surface area (TPSA) is 44.8 Å². The number of rotatable bonds is 6. The number of nitrogens with one attached hydrogen (secondary N) is 1. The summed E-state index contributed by atoms with van der Waals surface area (Å²) < 4.78 is 5.80. The lowest BCUT2D eigenvalue weighted by molar-refractivity contribution is -0.132. The van der Waals surface area contributed by atoms with Gasteiger partial charge in [-0.05, 0) is 48.7 Å². The predicted molar refractivity (Wildman–Crippen MR) is 138 cm³/mol. The molecule has 2 heterocycles. The summed E-state index contributed by atoms with van der Waals surface area (Å²) >= 11 is 6.00. The number of hydrogen-bond acceptors (Lipinski definition) is 4. The van der Waals surface area contributed by atoms with Crippen molar-refractivity contribution in [2.75, 3.05) is 43.6 Å². The fourth-order valence-electron chi connectivity index (χ4n) is 5.34. The maximum absolute atomic E-state index is 13.1. The average molecular weight is 476 g/mol. The molecule has 0 atom stereocenters. The summed E-state index contributed by atoms with van der Waals surface area (Å²) in [5.74, 6) is 1.09. The molecule has 0 saturated carbocycles. The number of halogens is 1. The molecule has 2 aliphatic heterocycles. The van der Waals surface area contributed by atoms with Crippen molar-refractivity contribution in [3.05, 3.63) is 88.9 Å². The van der Waals surface area contributed by atoms with E-state index < -0.39 is 0 Å². The van der Waals surface area contributed by atoms with Crippen molar-refractivity contribution in [3.8, 4) is 5.75 Å². The van der Waals surface area contributed by atoms with Crippen LogP contribution in [0.3, 0.4) is 0 Å². The smallest absolute Gasteiger partial charge is 0.226 e. The number of nitrogens with zero attached hydrogens (tertiary/aromatic N) is 2. The van der Waals surface area contributed by atoms with Gasteiger partial charge in [-0.25, -0.2) is 0 Å². The number of benzene rings is 3. The Bertz CT molecular complexity index is 1160. The van der Waals surface area contributed by atoms with E-state index in [4.69, 9.17) is 16.3 Å². The number of carbonyl (C=O) groups excluding carboxylic acids is 1. The quantitative estimate of drug-likeness (QED) is 0.522. The molecule has 1 fully saturated rings. The lowest BCUT2D eigenvalue weighted by Gasteiger charge is -2.45. The summed E-state index contributed by atoms with van der Waals surface area (Å²) in [6.07, 6.45) is 2.18. The van der Waals surface area contributed by atoms with E-state index in [-0.39, 0.29) is 11.3 Å². The zero-order valence-corrected chi connectivity index (χ0v) is 20.2. The first kappa shape index (κ1) is 22.6. The highest BCUT2D eigenvalue weighted by Crippen LogP contribution is 2.43. The molecule has 1 saturated heterocycles. The Morgan fingerprint density at radius 2 is 1.71 bits per heavy atom. The van der Waals surface area contributed by atoms with Crippen LogP contribution >= 0.6 is 11.6 Å². The minimum absolute atomic E-state index is 0.108. The van der Waals surface area contributed by atoms with Crippen molar-refractivity contribution in [2.24, 2.45) is 0 Å². The van der Waals surface area contributed by atoms with E-state index in [2.05, 4.69) is 46.6 Å². The second kappa shape index (κ2) is 9.59. The van der Waals surface area contributed by atoms with Gasteiger partial charge in [0.25, 0.3) is 0 Å². The molecule has 0 bridgehead atoms. The molecule has 34 heavy (non-hydrogen) atoms. The third-order valence-electron chi connectivity index (χ3n) is 7.22. The zero-order valence-electron chi connectivity index (χ0n) is 19.5. The number of fused-ring (bicyclic) bond motifs is 1. The third-order valence-corrected chi connectivity index (χ3v) is 7.47. The van der Waals surface area contributed by atoms with Crippen LogP contribution in [-0.4, -0.2) is 44.2 Å². The Kier molecular flexibility index (Phi) is 6.38. The number of para-hydroxylation sites is 3. The van der Waals surface area contributed by atoms with Gasteiger partial charge in [0.15, 0.2) is 0 Å². The van der Waals surface area contributed by atoms with Crippen molar-refractivity contribution >= 4 is 28.9 Å². The Morgan fingerprint density at radius 1 is 1.00 bits per heavy atom. The molecular weight excluding hydrogens is 446 g/mol. The number of carbonyl (C=O) groups is 1. The molecule has 176 valence electrons. The molecule has 2 aliphatic rings. The highest BCUT2D eigenvalue weighted by Gasteiger charge is 2.41. The maximum atomic E-state index is 13.1. The van der Waals surface area contributed by atoms with Crippen LogP contribution in [-0.2, 0) is 16.6 Å². The zero-order chi connectivity index (χ0) is 23.5. The molecule has 5 rings (SSSR count). The molecule has 0 spiro atoms.